The maximum absolute atomic E-state index is 14.9. The van der Waals surface area contributed by atoms with Crippen LogP contribution in [0.3, 0.4) is 0 Å². The number of rotatable bonds is 16. The van der Waals surface area contributed by atoms with E-state index in [0.29, 0.717) is 45.4 Å². The Bertz CT molecular complexity index is 1450. The van der Waals surface area contributed by atoms with Crippen molar-refractivity contribution in [2.75, 3.05) is 49.1 Å². The number of carbonyl (C=O) groups is 3. The number of hydrogen-bond donors (Lipinski definition) is 1. The van der Waals surface area contributed by atoms with Gasteiger partial charge in [0.2, 0.25) is 11.8 Å². The van der Waals surface area contributed by atoms with Crippen LogP contribution in [0.4, 0.5) is 11.4 Å². The minimum atomic E-state index is -0.729. The minimum absolute atomic E-state index is 0.0145. The number of fused-ring (bicyclic) bond motifs is 1. The van der Waals surface area contributed by atoms with Crippen LogP contribution in [0.25, 0.3) is 0 Å². The van der Waals surface area contributed by atoms with Gasteiger partial charge in [-0.25, -0.2) is 0 Å². The molecule has 1 N–H and O–H groups in total. The Balaban J connectivity index is 1.53. The van der Waals surface area contributed by atoms with Gasteiger partial charge in [-0.3, -0.25) is 14.4 Å². The van der Waals surface area contributed by atoms with E-state index in [-0.39, 0.29) is 24.3 Å². The Kier molecular flexibility index (Phi) is 10.9. The summed E-state index contributed by atoms with van der Waals surface area (Å²) >= 11 is 1.69. The summed E-state index contributed by atoms with van der Waals surface area (Å²) in [4.78, 5) is 51.8. The number of thioether (sulfide) groups is 1. The lowest BCUT2D eigenvalue weighted by Gasteiger charge is -2.38. The lowest BCUT2D eigenvalue weighted by atomic mass is 9.66. The second-order valence-electron chi connectivity index (χ2n) is 13.1. The lowest BCUT2D eigenvalue weighted by molar-refractivity contribution is -0.145. The highest BCUT2D eigenvalue weighted by Crippen LogP contribution is 2.71. The smallest absolute Gasteiger partial charge is 0.251 e. The number of likely N-dealkylation sites (tertiary alicyclic amines) is 1. The second-order valence-corrected chi connectivity index (χ2v) is 15.0. The zero-order chi connectivity index (χ0) is 33.8. The number of aliphatic hydroxyl groups is 1. The fraction of sp³-hybridized carbons (Fsp3) is 0.500. The van der Waals surface area contributed by atoms with Crippen LogP contribution in [-0.4, -0.2) is 87.5 Å². The number of nitrogens with zero attached hydrogens (tertiary/aromatic N) is 4. The van der Waals surface area contributed by atoms with Gasteiger partial charge in [0.05, 0.1) is 16.6 Å². The molecule has 2 bridgehead atoms. The van der Waals surface area contributed by atoms with Gasteiger partial charge in [0, 0.05) is 62.0 Å². The molecule has 8 nitrogen and oxygen atoms in total. The molecule has 3 fully saturated rings. The SMILES string of the molecule is C=CCN(Cc1ccccc1)C(=O)[C@@H]1[C@H]2C(=O)N(CCCCO)C(C(=O)N(CC=C)c3ccc(N(CC)CC)cc3)C23CC[C@@]1(C)S3. The minimum Gasteiger partial charge on any atom is -0.396 e. The largest absolute Gasteiger partial charge is 0.396 e. The standard InChI is InChI=1S/C38H50N4O4S/c1-6-23-40(27-28-15-11-10-12-16-28)34(44)31-32-35(45)42(25-13-14-26-43)33(38(32)22-21-37(31,5)47-38)36(46)41(24-7-2)30-19-17-29(18-20-30)39(8-3)9-4/h6-7,10-12,15-20,31-33,43H,1-2,8-9,13-14,21-27H2,3-5H3/t31-,32-,33?,37+,38?/m0/s1. The van der Waals surface area contributed by atoms with Crippen LogP contribution in [0, 0.1) is 11.8 Å². The molecule has 3 aliphatic rings. The van der Waals surface area contributed by atoms with E-state index in [4.69, 9.17) is 0 Å². The van der Waals surface area contributed by atoms with Crippen molar-refractivity contribution in [2.45, 2.75) is 68.5 Å². The number of hydrogen-bond acceptors (Lipinski definition) is 6. The predicted molar refractivity (Wildman–Crippen MR) is 191 cm³/mol. The van der Waals surface area contributed by atoms with Crippen molar-refractivity contribution >= 4 is 40.9 Å². The lowest BCUT2D eigenvalue weighted by Crippen LogP contribution is -2.55. The molecule has 0 aromatic heterocycles. The second kappa shape index (κ2) is 14.7. The monoisotopic (exact) mass is 658 g/mol. The normalized spacial score (nSPS) is 25.8. The van der Waals surface area contributed by atoms with Gasteiger partial charge in [0.1, 0.15) is 6.04 Å². The van der Waals surface area contributed by atoms with Crippen LogP contribution in [0.2, 0.25) is 0 Å². The van der Waals surface area contributed by atoms with E-state index >= 15 is 0 Å². The molecule has 2 unspecified atom stereocenters. The number of unbranched alkanes of at least 4 members (excludes halogenated alkanes) is 1. The highest BCUT2D eigenvalue weighted by atomic mass is 32.2. The molecule has 9 heteroatoms. The van der Waals surface area contributed by atoms with Crippen molar-refractivity contribution in [1.82, 2.24) is 9.80 Å². The number of carbonyl (C=O) groups excluding carboxylic acids is 3. The van der Waals surface area contributed by atoms with Crippen LogP contribution in [-0.2, 0) is 20.9 Å². The molecular weight excluding hydrogens is 609 g/mol. The summed E-state index contributed by atoms with van der Waals surface area (Å²) in [5.74, 6) is -1.49. The van der Waals surface area contributed by atoms with E-state index in [1.165, 1.54) is 0 Å². The molecule has 2 aromatic carbocycles. The molecule has 3 saturated heterocycles. The van der Waals surface area contributed by atoms with E-state index in [2.05, 4.69) is 38.8 Å². The van der Waals surface area contributed by atoms with Gasteiger partial charge < -0.3 is 24.7 Å². The van der Waals surface area contributed by atoms with E-state index in [0.717, 1.165) is 36.4 Å². The first-order valence-corrected chi connectivity index (χ1v) is 17.8. The van der Waals surface area contributed by atoms with Gasteiger partial charge in [0.25, 0.3) is 5.91 Å². The third kappa shape index (κ3) is 6.36. The molecule has 2 aromatic rings. The molecule has 0 aliphatic carbocycles. The Labute approximate surface area is 284 Å². The van der Waals surface area contributed by atoms with Crippen LogP contribution in [0.15, 0.2) is 79.9 Å². The van der Waals surface area contributed by atoms with Crippen molar-refractivity contribution in [3.05, 3.63) is 85.5 Å². The Morgan fingerprint density at radius 2 is 1.62 bits per heavy atom. The van der Waals surface area contributed by atoms with Crippen molar-refractivity contribution in [3.63, 3.8) is 0 Å². The van der Waals surface area contributed by atoms with Crippen molar-refractivity contribution < 1.29 is 19.5 Å². The van der Waals surface area contributed by atoms with E-state index < -0.39 is 27.4 Å². The van der Waals surface area contributed by atoms with Crippen LogP contribution >= 0.6 is 11.8 Å². The predicted octanol–water partition coefficient (Wildman–Crippen LogP) is 5.52. The molecule has 47 heavy (non-hydrogen) atoms. The summed E-state index contributed by atoms with van der Waals surface area (Å²) in [6.45, 7) is 17.5. The van der Waals surface area contributed by atoms with Gasteiger partial charge in [0.15, 0.2) is 0 Å². The molecular formula is C38H50N4O4S. The number of benzene rings is 2. The molecule has 3 aliphatic heterocycles. The summed E-state index contributed by atoms with van der Waals surface area (Å²) < 4.78 is -1.20. The number of amides is 3. The first-order chi connectivity index (χ1) is 22.7. The molecule has 0 saturated carbocycles. The molecule has 5 atom stereocenters. The van der Waals surface area contributed by atoms with Crippen molar-refractivity contribution in [1.29, 1.82) is 0 Å². The van der Waals surface area contributed by atoms with Crippen LogP contribution < -0.4 is 9.80 Å². The molecule has 0 radical (unpaired) electrons. The molecule has 3 amide bonds. The quantitative estimate of drug-likeness (QED) is 0.189. The number of anilines is 2. The fourth-order valence-corrected chi connectivity index (χ4v) is 10.5. The first kappa shape index (κ1) is 34.8. The average Bonchev–Trinajstić information content (AvgIpc) is 3.65. The van der Waals surface area contributed by atoms with Gasteiger partial charge in [-0.1, -0.05) is 42.5 Å². The zero-order valence-electron chi connectivity index (χ0n) is 28.1. The van der Waals surface area contributed by atoms with Crippen LogP contribution in [0.5, 0.6) is 0 Å². The first-order valence-electron chi connectivity index (χ1n) is 17.0. The van der Waals surface area contributed by atoms with E-state index in [1.807, 2.05) is 59.5 Å². The van der Waals surface area contributed by atoms with Gasteiger partial charge in [-0.2, -0.15) is 0 Å². The van der Waals surface area contributed by atoms with Gasteiger partial charge >= 0.3 is 0 Å². The molecule has 252 valence electrons. The third-order valence-corrected chi connectivity index (χ3v) is 12.3. The van der Waals surface area contributed by atoms with E-state index in [9.17, 15) is 19.5 Å². The third-order valence-electron chi connectivity index (χ3n) is 10.3. The van der Waals surface area contributed by atoms with Crippen LogP contribution in [0.1, 0.15) is 52.0 Å². The summed E-state index contributed by atoms with van der Waals surface area (Å²) in [6.07, 6.45) is 6.00. The Morgan fingerprint density at radius 3 is 2.23 bits per heavy atom. The van der Waals surface area contributed by atoms with Crippen molar-refractivity contribution in [2.24, 2.45) is 11.8 Å². The summed E-state index contributed by atoms with van der Waals surface area (Å²) in [5, 5.41) is 9.58. The highest BCUT2D eigenvalue weighted by Gasteiger charge is 2.77. The maximum Gasteiger partial charge on any atom is 0.251 e. The van der Waals surface area contributed by atoms with Gasteiger partial charge in [-0.15, -0.1) is 24.9 Å². The number of aliphatic hydroxyl groups excluding tert-OH is 1. The maximum atomic E-state index is 14.9. The average molecular weight is 659 g/mol. The Morgan fingerprint density at radius 1 is 0.957 bits per heavy atom. The van der Waals surface area contributed by atoms with Crippen molar-refractivity contribution in [3.8, 4) is 0 Å². The Hall–Kier alpha value is -3.56. The topological polar surface area (TPSA) is 84.4 Å². The zero-order valence-corrected chi connectivity index (χ0v) is 29.0. The summed E-state index contributed by atoms with van der Waals surface area (Å²) in [5.41, 5.74) is 2.86. The molecule has 3 heterocycles. The summed E-state index contributed by atoms with van der Waals surface area (Å²) in [6, 6.07) is 17.2. The van der Waals surface area contributed by atoms with Gasteiger partial charge in [-0.05, 0) is 76.3 Å². The molecule has 1 spiro atoms. The van der Waals surface area contributed by atoms with E-state index in [1.54, 1.807) is 33.7 Å². The highest BCUT2D eigenvalue weighted by molar-refractivity contribution is 8.02. The summed E-state index contributed by atoms with van der Waals surface area (Å²) in [7, 11) is 0. The molecule has 5 rings (SSSR count). The fourth-order valence-electron chi connectivity index (χ4n) is 8.14.